The molecule has 0 saturated carbocycles. The Hall–Kier alpha value is -3.28. The van der Waals surface area contributed by atoms with Crippen LogP contribution in [0.25, 0.3) is 11.0 Å². The molecular formula is C23H24N4O2. The van der Waals surface area contributed by atoms with Gasteiger partial charge in [-0.3, -0.25) is 9.59 Å². The van der Waals surface area contributed by atoms with Crippen LogP contribution in [0.4, 0.5) is 0 Å². The van der Waals surface area contributed by atoms with E-state index in [0.717, 1.165) is 35.3 Å². The number of amides is 2. The van der Waals surface area contributed by atoms with E-state index in [4.69, 9.17) is 0 Å². The fourth-order valence-electron chi connectivity index (χ4n) is 3.63. The minimum atomic E-state index is -0.0610. The van der Waals surface area contributed by atoms with Crippen molar-refractivity contribution in [3.05, 3.63) is 71.0 Å². The van der Waals surface area contributed by atoms with Gasteiger partial charge >= 0.3 is 0 Å². The van der Waals surface area contributed by atoms with Crippen molar-refractivity contribution in [1.29, 1.82) is 0 Å². The molecule has 148 valence electrons. The van der Waals surface area contributed by atoms with E-state index in [1.165, 1.54) is 0 Å². The van der Waals surface area contributed by atoms with Gasteiger partial charge in [-0.05, 0) is 57.0 Å². The van der Waals surface area contributed by atoms with Gasteiger partial charge in [0.2, 0.25) is 0 Å². The van der Waals surface area contributed by atoms with E-state index >= 15 is 0 Å². The number of nitrogens with one attached hydrogen (secondary N) is 1. The fourth-order valence-corrected chi connectivity index (χ4v) is 3.63. The van der Waals surface area contributed by atoms with Gasteiger partial charge in [0, 0.05) is 30.3 Å². The first kappa shape index (κ1) is 19.1. The molecule has 0 unspecified atom stereocenters. The summed E-state index contributed by atoms with van der Waals surface area (Å²) in [6, 6.07) is 14.8. The van der Waals surface area contributed by atoms with Crippen LogP contribution in [-0.4, -0.2) is 45.8 Å². The molecule has 1 fully saturated rings. The molecule has 3 aromatic rings. The number of nitrogens with zero attached hydrogens (tertiary/aromatic N) is 3. The summed E-state index contributed by atoms with van der Waals surface area (Å²) < 4.78 is 0. The van der Waals surface area contributed by atoms with Crippen molar-refractivity contribution in [3.8, 4) is 0 Å². The van der Waals surface area contributed by atoms with Gasteiger partial charge in [0.1, 0.15) is 0 Å². The van der Waals surface area contributed by atoms with E-state index in [2.05, 4.69) is 15.3 Å². The second kappa shape index (κ2) is 7.99. The number of aromatic nitrogens is 2. The number of carbonyl (C=O) groups excluding carboxylic acids is 2. The van der Waals surface area contributed by atoms with E-state index in [-0.39, 0.29) is 17.9 Å². The highest BCUT2D eigenvalue weighted by molar-refractivity contribution is 5.97. The van der Waals surface area contributed by atoms with Crippen molar-refractivity contribution in [2.45, 2.75) is 32.7 Å². The van der Waals surface area contributed by atoms with E-state index in [0.29, 0.717) is 24.2 Å². The first-order valence-electron chi connectivity index (χ1n) is 9.91. The fraction of sp³-hybridized carbons (Fsp3) is 0.304. The average Bonchev–Trinajstić information content (AvgIpc) is 2.75. The van der Waals surface area contributed by atoms with Gasteiger partial charge in [0.25, 0.3) is 11.8 Å². The van der Waals surface area contributed by atoms with Crippen molar-refractivity contribution in [2.75, 3.05) is 13.1 Å². The maximum absolute atomic E-state index is 12.9. The molecule has 2 heterocycles. The van der Waals surface area contributed by atoms with Gasteiger partial charge in [-0.15, -0.1) is 0 Å². The second-order valence-electron chi connectivity index (χ2n) is 7.50. The molecule has 1 aromatic heterocycles. The summed E-state index contributed by atoms with van der Waals surface area (Å²) in [5.41, 5.74) is 4.60. The molecule has 0 atom stereocenters. The topological polar surface area (TPSA) is 75.2 Å². The normalized spacial score (nSPS) is 14.8. The first-order valence-corrected chi connectivity index (χ1v) is 9.91. The number of hydrogen-bond acceptors (Lipinski definition) is 4. The molecule has 0 aliphatic carbocycles. The molecule has 1 aliphatic heterocycles. The number of rotatable bonds is 3. The molecule has 4 rings (SSSR count). The van der Waals surface area contributed by atoms with Crippen LogP contribution in [0.15, 0.2) is 48.5 Å². The molecule has 0 spiro atoms. The van der Waals surface area contributed by atoms with Crippen LogP contribution < -0.4 is 5.32 Å². The minimum Gasteiger partial charge on any atom is -0.349 e. The third-order valence-electron chi connectivity index (χ3n) is 5.48. The largest absolute Gasteiger partial charge is 0.349 e. The van der Waals surface area contributed by atoms with Crippen LogP contribution in [0.5, 0.6) is 0 Å². The summed E-state index contributed by atoms with van der Waals surface area (Å²) in [5.74, 6) is -0.0612. The number of hydrogen-bond donors (Lipinski definition) is 1. The van der Waals surface area contributed by atoms with E-state index in [1.807, 2.05) is 55.1 Å². The lowest BCUT2D eigenvalue weighted by atomic mass is 10.0. The van der Waals surface area contributed by atoms with Gasteiger partial charge in [0.05, 0.1) is 22.4 Å². The third-order valence-corrected chi connectivity index (χ3v) is 5.48. The minimum absolute atomic E-state index is 0.000219. The van der Waals surface area contributed by atoms with Crippen molar-refractivity contribution in [3.63, 3.8) is 0 Å². The molecule has 0 radical (unpaired) electrons. The Balaban J connectivity index is 1.39. The summed E-state index contributed by atoms with van der Waals surface area (Å²) in [5, 5.41) is 3.07. The Labute approximate surface area is 170 Å². The zero-order valence-electron chi connectivity index (χ0n) is 16.7. The van der Waals surface area contributed by atoms with E-state index in [1.54, 1.807) is 12.1 Å². The van der Waals surface area contributed by atoms with E-state index in [9.17, 15) is 9.59 Å². The predicted molar refractivity (Wildman–Crippen MR) is 112 cm³/mol. The predicted octanol–water partition coefficient (Wildman–Crippen LogP) is 3.28. The Morgan fingerprint density at radius 3 is 2.24 bits per heavy atom. The molecule has 6 heteroatoms. The van der Waals surface area contributed by atoms with Crippen molar-refractivity contribution >= 4 is 22.8 Å². The maximum atomic E-state index is 12.9. The zero-order valence-corrected chi connectivity index (χ0v) is 16.7. The first-order chi connectivity index (χ1) is 14.0. The standard InChI is InChI=1S/C23H24N4O2/c1-15-16(2)25-21-14-18(8-9-20(21)24-15)23(29)27-12-10-19(11-13-27)26-22(28)17-6-4-3-5-7-17/h3-9,14,19H,10-13H2,1-2H3,(H,26,28). The van der Waals surface area contributed by atoms with Crippen molar-refractivity contribution in [1.82, 2.24) is 20.2 Å². The summed E-state index contributed by atoms with van der Waals surface area (Å²) in [6.45, 7) is 5.09. The second-order valence-corrected chi connectivity index (χ2v) is 7.50. The van der Waals surface area contributed by atoms with E-state index < -0.39 is 0 Å². The maximum Gasteiger partial charge on any atom is 0.253 e. The zero-order chi connectivity index (χ0) is 20.4. The van der Waals surface area contributed by atoms with Gasteiger partial charge in [-0.1, -0.05) is 18.2 Å². The summed E-state index contributed by atoms with van der Waals surface area (Å²) in [6.07, 6.45) is 1.49. The number of fused-ring (bicyclic) bond motifs is 1. The van der Waals surface area contributed by atoms with Crippen LogP contribution in [0, 0.1) is 13.8 Å². The van der Waals surface area contributed by atoms with Gasteiger partial charge in [0.15, 0.2) is 0 Å². The SMILES string of the molecule is Cc1nc2ccc(C(=O)N3CCC(NC(=O)c4ccccc4)CC3)cc2nc1C. The molecule has 1 aliphatic rings. The number of benzene rings is 2. The molecule has 0 bridgehead atoms. The summed E-state index contributed by atoms with van der Waals surface area (Å²) in [4.78, 5) is 36.2. The van der Waals surface area contributed by atoms with Crippen molar-refractivity contribution < 1.29 is 9.59 Å². The van der Waals surface area contributed by atoms with Crippen LogP contribution in [0.2, 0.25) is 0 Å². The highest BCUT2D eigenvalue weighted by Gasteiger charge is 2.25. The molecule has 29 heavy (non-hydrogen) atoms. The molecule has 1 N–H and O–H groups in total. The van der Waals surface area contributed by atoms with Gasteiger partial charge in [-0.2, -0.15) is 0 Å². The third kappa shape index (κ3) is 4.11. The molecular weight excluding hydrogens is 364 g/mol. The quantitative estimate of drug-likeness (QED) is 0.747. The Morgan fingerprint density at radius 1 is 0.897 bits per heavy atom. The molecule has 2 aromatic carbocycles. The van der Waals surface area contributed by atoms with Crippen LogP contribution in [-0.2, 0) is 0 Å². The summed E-state index contributed by atoms with van der Waals surface area (Å²) in [7, 11) is 0. The Morgan fingerprint density at radius 2 is 1.55 bits per heavy atom. The lowest BCUT2D eigenvalue weighted by Crippen LogP contribution is -2.46. The number of likely N-dealkylation sites (tertiary alicyclic amines) is 1. The number of carbonyl (C=O) groups is 2. The van der Waals surface area contributed by atoms with Crippen LogP contribution in [0.3, 0.4) is 0 Å². The monoisotopic (exact) mass is 388 g/mol. The highest BCUT2D eigenvalue weighted by Crippen LogP contribution is 2.18. The molecule has 6 nitrogen and oxygen atoms in total. The highest BCUT2D eigenvalue weighted by atomic mass is 16.2. The average molecular weight is 388 g/mol. The lowest BCUT2D eigenvalue weighted by Gasteiger charge is -2.32. The molecule has 1 saturated heterocycles. The number of piperidine rings is 1. The Bertz CT molecular complexity index is 1060. The summed E-state index contributed by atoms with van der Waals surface area (Å²) >= 11 is 0. The lowest BCUT2D eigenvalue weighted by molar-refractivity contribution is 0.0698. The van der Waals surface area contributed by atoms with Crippen LogP contribution >= 0.6 is 0 Å². The van der Waals surface area contributed by atoms with Crippen molar-refractivity contribution in [2.24, 2.45) is 0 Å². The van der Waals surface area contributed by atoms with Gasteiger partial charge < -0.3 is 10.2 Å². The smallest absolute Gasteiger partial charge is 0.253 e. The van der Waals surface area contributed by atoms with Crippen LogP contribution in [0.1, 0.15) is 44.9 Å². The number of aryl methyl sites for hydroxylation is 2. The Kier molecular flexibility index (Phi) is 5.25. The van der Waals surface area contributed by atoms with Gasteiger partial charge in [-0.25, -0.2) is 9.97 Å². The molecule has 2 amide bonds.